The monoisotopic (exact) mass is 466 g/mol. The molecule has 0 spiro atoms. The normalized spacial score (nSPS) is 14.0. The maximum absolute atomic E-state index is 13.2. The van der Waals surface area contributed by atoms with Crippen LogP contribution in [0.2, 0.25) is 0 Å². The average molecular weight is 467 g/mol. The molecule has 1 aliphatic carbocycles. The van der Waals surface area contributed by atoms with Gasteiger partial charge in [0.15, 0.2) is 0 Å². The number of sulfone groups is 1. The van der Waals surface area contributed by atoms with Gasteiger partial charge in [-0.05, 0) is 50.3 Å². The fraction of sp³-hybridized carbons (Fsp3) is 0.545. The van der Waals surface area contributed by atoms with Crippen LogP contribution in [0, 0.1) is 11.7 Å². The molecule has 1 aromatic heterocycles. The molecule has 2 amide bonds. The van der Waals surface area contributed by atoms with E-state index >= 15 is 0 Å². The predicted molar refractivity (Wildman–Crippen MR) is 118 cm³/mol. The molecule has 8 nitrogen and oxygen atoms in total. The van der Waals surface area contributed by atoms with Gasteiger partial charge in [-0.3, -0.25) is 0 Å². The Hall–Kier alpha value is -2.46. The van der Waals surface area contributed by atoms with Crippen molar-refractivity contribution in [3.63, 3.8) is 0 Å². The van der Waals surface area contributed by atoms with Crippen molar-refractivity contribution in [2.45, 2.75) is 56.7 Å². The molecule has 0 atom stereocenters. The molecular weight excluding hydrogens is 435 g/mol. The fourth-order valence-corrected chi connectivity index (χ4v) is 4.94. The summed E-state index contributed by atoms with van der Waals surface area (Å²) in [6.07, 6.45) is 3.69. The Morgan fingerprint density at radius 2 is 2.00 bits per heavy atom. The van der Waals surface area contributed by atoms with E-state index in [9.17, 15) is 17.6 Å². The second-order valence-corrected chi connectivity index (χ2v) is 10.4. The van der Waals surface area contributed by atoms with E-state index in [1.165, 1.54) is 30.5 Å². The van der Waals surface area contributed by atoms with Crippen LogP contribution < -0.4 is 5.32 Å². The van der Waals surface area contributed by atoms with E-state index in [4.69, 9.17) is 4.74 Å². The van der Waals surface area contributed by atoms with Gasteiger partial charge in [0, 0.05) is 26.2 Å². The van der Waals surface area contributed by atoms with Gasteiger partial charge in [-0.25, -0.2) is 22.6 Å². The van der Waals surface area contributed by atoms with Gasteiger partial charge in [0.2, 0.25) is 15.0 Å². The molecule has 1 fully saturated rings. The number of halogens is 1. The lowest BCUT2D eigenvalue weighted by atomic mass is 10.2. The number of rotatable bonds is 11. The highest BCUT2D eigenvalue weighted by molar-refractivity contribution is 7.90. The van der Waals surface area contributed by atoms with Gasteiger partial charge in [-0.2, -0.15) is 0 Å². The van der Waals surface area contributed by atoms with Crippen LogP contribution >= 0.6 is 0 Å². The van der Waals surface area contributed by atoms with Gasteiger partial charge >= 0.3 is 6.03 Å². The molecule has 0 radical (unpaired) electrons. The first-order chi connectivity index (χ1) is 15.2. The van der Waals surface area contributed by atoms with E-state index in [0.717, 1.165) is 12.8 Å². The molecule has 32 heavy (non-hydrogen) atoms. The quantitative estimate of drug-likeness (QED) is 0.550. The Balaban J connectivity index is 1.87. The minimum absolute atomic E-state index is 0.00532. The first-order valence-corrected chi connectivity index (χ1v) is 12.4. The Bertz CT molecular complexity index is 1020. The molecule has 0 bridgehead atoms. The van der Waals surface area contributed by atoms with Crippen molar-refractivity contribution in [1.29, 1.82) is 0 Å². The predicted octanol–water partition coefficient (Wildman–Crippen LogP) is 2.97. The smallest absolute Gasteiger partial charge is 0.317 e. The summed E-state index contributed by atoms with van der Waals surface area (Å²) in [5.74, 6) is -0.244. The summed E-state index contributed by atoms with van der Waals surface area (Å²) in [4.78, 5) is 18.7. The van der Waals surface area contributed by atoms with Gasteiger partial charge in [0.1, 0.15) is 5.82 Å². The van der Waals surface area contributed by atoms with E-state index in [0.29, 0.717) is 30.3 Å². The lowest BCUT2D eigenvalue weighted by Crippen LogP contribution is -2.43. The number of hydrogen-bond donors (Lipinski definition) is 1. The Kier molecular flexibility index (Phi) is 7.89. The highest BCUT2D eigenvalue weighted by Gasteiger charge is 2.29. The van der Waals surface area contributed by atoms with Crippen LogP contribution in [0.4, 0.5) is 9.18 Å². The largest absolute Gasteiger partial charge is 0.383 e. The van der Waals surface area contributed by atoms with Gasteiger partial charge in [-0.1, -0.05) is 12.1 Å². The van der Waals surface area contributed by atoms with Gasteiger partial charge in [0.25, 0.3) is 0 Å². The zero-order chi connectivity index (χ0) is 23.3. The van der Waals surface area contributed by atoms with Gasteiger partial charge < -0.3 is 19.5 Å². The number of aromatic nitrogens is 2. The third-order valence-electron chi connectivity index (χ3n) is 5.20. The molecule has 2 aromatic rings. The number of amides is 2. The van der Waals surface area contributed by atoms with Crippen molar-refractivity contribution in [2.75, 3.05) is 20.3 Å². The second-order valence-electron chi connectivity index (χ2n) is 8.49. The van der Waals surface area contributed by atoms with Crippen molar-refractivity contribution >= 4 is 15.9 Å². The third-order valence-corrected chi connectivity index (χ3v) is 6.79. The van der Waals surface area contributed by atoms with Crippen molar-refractivity contribution < 1.29 is 22.3 Å². The molecule has 1 aliphatic rings. The van der Waals surface area contributed by atoms with Crippen LogP contribution in [0.15, 0.2) is 35.6 Å². The lowest BCUT2D eigenvalue weighted by Gasteiger charge is -2.25. The highest BCUT2D eigenvalue weighted by Crippen LogP contribution is 2.30. The van der Waals surface area contributed by atoms with Crippen LogP contribution in [-0.4, -0.2) is 55.2 Å². The molecule has 1 heterocycles. The molecule has 1 saturated carbocycles. The summed E-state index contributed by atoms with van der Waals surface area (Å²) in [7, 11) is -2.26. The topological polar surface area (TPSA) is 93.5 Å². The minimum Gasteiger partial charge on any atom is -0.383 e. The van der Waals surface area contributed by atoms with Gasteiger partial charge in [0.05, 0.1) is 30.8 Å². The number of nitrogens with zero attached hydrogens (tertiary/aromatic N) is 3. The zero-order valence-corrected chi connectivity index (χ0v) is 19.6. The van der Waals surface area contributed by atoms with E-state index in [1.807, 2.05) is 13.8 Å². The molecule has 3 rings (SSSR count). The molecule has 0 saturated heterocycles. The standard InChI is InChI=1S/C22H31FN4O4S/c1-16(2)25-21(28)26(13-17-4-5-17)14-20-12-24-22(27(20)10-11-31-3)32(29,30)15-18-6-8-19(23)9-7-18/h6-9,12,16-17H,4-5,10-11,13-15H2,1-3H3,(H,25,28). The summed E-state index contributed by atoms with van der Waals surface area (Å²) in [5, 5.41) is 2.84. The van der Waals surface area contributed by atoms with Crippen molar-refractivity contribution in [2.24, 2.45) is 5.92 Å². The zero-order valence-electron chi connectivity index (χ0n) is 18.8. The number of ether oxygens (including phenoxy) is 1. The molecule has 0 aliphatic heterocycles. The lowest BCUT2D eigenvalue weighted by molar-refractivity contribution is 0.177. The maximum atomic E-state index is 13.2. The highest BCUT2D eigenvalue weighted by atomic mass is 32.2. The summed E-state index contributed by atoms with van der Waals surface area (Å²) in [6, 6.07) is 5.18. The first kappa shape index (κ1) is 24.2. The van der Waals surface area contributed by atoms with Crippen molar-refractivity contribution in [3.05, 3.63) is 47.5 Å². The summed E-state index contributed by atoms with van der Waals surface area (Å²) >= 11 is 0. The first-order valence-electron chi connectivity index (χ1n) is 10.8. The van der Waals surface area contributed by atoms with Crippen LogP contribution in [0.3, 0.4) is 0 Å². The van der Waals surface area contributed by atoms with Crippen LogP contribution in [0.25, 0.3) is 0 Å². The van der Waals surface area contributed by atoms with Crippen molar-refractivity contribution in [3.8, 4) is 0 Å². The van der Waals surface area contributed by atoms with E-state index < -0.39 is 15.7 Å². The van der Waals surface area contributed by atoms with Crippen LogP contribution in [0.5, 0.6) is 0 Å². The SMILES string of the molecule is COCCn1c(CN(CC2CC2)C(=O)NC(C)C)cnc1S(=O)(=O)Cc1ccc(F)cc1. The van der Waals surface area contributed by atoms with Crippen molar-refractivity contribution in [1.82, 2.24) is 19.8 Å². The Labute approximate surface area is 188 Å². The fourth-order valence-electron chi connectivity index (χ4n) is 3.42. The van der Waals surface area contributed by atoms with Crippen LogP contribution in [0.1, 0.15) is 37.9 Å². The number of hydrogen-bond acceptors (Lipinski definition) is 5. The Morgan fingerprint density at radius 1 is 1.31 bits per heavy atom. The number of imidazole rings is 1. The number of methoxy groups -OCH3 is 1. The number of carbonyl (C=O) groups excluding carboxylic acids is 1. The second kappa shape index (κ2) is 10.4. The molecule has 1 N–H and O–H groups in total. The number of carbonyl (C=O) groups is 1. The molecular formula is C22H31FN4O4S. The number of urea groups is 1. The van der Waals surface area contributed by atoms with E-state index in [-0.39, 0.29) is 36.1 Å². The molecule has 10 heteroatoms. The van der Waals surface area contributed by atoms with Crippen LogP contribution in [-0.2, 0) is 33.4 Å². The van der Waals surface area contributed by atoms with Gasteiger partial charge in [-0.15, -0.1) is 0 Å². The Morgan fingerprint density at radius 3 is 2.59 bits per heavy atom. The maximum Gasteiger partial charge on any atom is 0.317 e. The summed E-state index contributed by atoms with van der Waals surface area (Å²) in [6.45, 7) is 5.24. The van der Waals surface area contributed by atoms with E-state index in [1.54, 1.807) is 16.6 Å². The third kappa shape index (κ3) is 6.52. The number of benzene rings is 1. The number of nitrogens with one attached hydrogen (secondary N) is 1. The van der Waals surface area contributed by atoms with E-state index in [2.05, 4.69) is 10.3 Å². The molecule has 176 valence electrons. The summed E-state index contributed by atoms with van der Waals surface area (Å²) in [5.41, 5.74) is 1.10. The average Bonchev–Trinajstić information content (AvgIpc) is 3.45. The molecule has 1 aromatic carbocycles. The summed E-state index contributed by atoms with van der Waals surface area (Å²) < 4.78 is 46.2. The molecule has 0 unspecified atom stereocenters. The minimum atomic E-state index is -3.80.